The molecule has 0 bridgehead atoms. The van der Waals surface area contributed by atoms with Crippen LogP contribution in [0.3, 0.4) is 0 Å². The molecule has 104 valence electrons. The molecule has 3 rings (SSSR count). The molecule has 4 nitrogen and oxygen atoms in total. The van der Waals surface area contributed by atoms with Crippen LogP contribution in [0.25, 0.3) is 0 Å². The van der Waals surface area contributed by atoms with Gasteiger partial charge in [0.25, 0.3) is 0 Å². The molecule has 3 fully saturated rings. The molecule has 1 unspecified atom stereocenters. The molecule has 1 aliphatic carbocycles. The van der Waals surface area contributed by atoms with Crippen LogP contribution in [-0.4, -0.2) is 49.6 Å². The van der Waals surface area contributed by atoms with Gasteiger partial charge in [0.1, 0.15) is 0 Å². The van der Waals surface area contributed by atoms with E-state index in [-0.39, 0.29) is 5.60 Å². The van der Waals surface area contributed by atoms with Crippen molar-refractivity contribution in [2.24, 2.45) is 0 Å². The van der Waals surface area contributed by atoms with Crippen LogP contribution in [0.15, 0.2) is 0 Å². The summed E-state index contributed by atoms with van der Waals surface area (Å²) in [5, 5.41) is 2.34. The van der Waals surface area contributed by atoms with E-state index in [0.29, 0.717) is 6.04 Å². The van der Waals surface area contributed by atoms with Gasteiger partial charge in [0.05, 0.1) is 18.8 Å². The summed E-state index contributed by atoms with van der Waals surface area (Å²) in [5.41, 5.74) is 3.91. The van der Waals surface area contributed by atoms with E-state index >= 15 is 0 Å². The number of nitrogens with one attached hydrogen (secondary N) is 1. The molecule has 1 spiro atoms. The van der Waals surface area contributed by atoms with Gasteiger partial charge in [0.2, 0.25) is 0 Å². The fraction of sp³-hybridized carbons (Fsp3) is 1.00. The Bertz CT molecular complexity index is 255. The van der Waals surface area contributed by atoms with Gasteiger partial charge in [-0.1, -0.05) is 19.3 Å². The van der Waals surface area contributed by atoms with Crippen LogP contribution >= 0.6 is 0 Å². The molecular formula is C14H26N2O2. The summed E-state index contributed by atoms with van der Waals surface area (Å²) < 4.78 is 11.5. The van der Waals surface area contributed by atoms with Crippen LogP contribution in [0.4, 0.5) is 0 Å². The van der Waals surface area contributed by atoms with Crippen LogP contribution in [0, 0.1) is 0 Å². The molecule has 0 amide bonds. The van der Waals surface area contributed by atoms with E-state index < -0.39 is 0 Å². The number of hydrogen-bond donors (Lipinski definition) is 1. The minimum Gasteiger partial charge on any atom is -0.379 e. The van der Waals surface area contributed by atoms with E-state index in [1.165, 1.54) is 38.5 Å². The number of rotatable bonds is 2. The van der Waals surface area contributed by atoms with Crippen molar-refractivity contribution in [3.63, 3.8) is 0 Å². The summed E-state index contributed by atoms with van der Waals surface area (Å²) >= 11 is 0. The Morgan fingerprint density at radius 1 is 1.00 bits per heavy atom. The van der Waals surface area contributed by atoms with Gasteiger partial charge < -0.3 is 9.47 Å². The normalized spacial score (nSPS) is 33.7. The largest absolute Gasteiger partial charge is 0.379 e. The van der Waals surface area contributed by atoms with Gasteiger partial charge in [-0.2, -0.15) is 0 Å². The minimum atomic E-state index is 0.209. The topological polar surface area (TPSA) is 33.7 Å². The second-order valence-electron chi connectivity index (χ2n) is 6.01. The highest BCUT2D eigenvalue weighted by Gasteiger charge is 2.38. The number of morpholine rings is 1. The Morgan fingerprint density at radius 2 is 1.78 bits per heavy atom. The maximum Gasteiger partial charge on any atom is 0.0697 e. The van der Waals surface area contributed by atoms with Crippen LogP contribution in [0.2, 0.25) is 0 Å². The average molecular weight is 254 g/mol. The minimum absolute atomic E-state index is 0.209. The Morgan fingerprint density at radius 3 is 2.56 bits per heavy atom. The van der Waals surface area contributed by atoms with Crippen LogP contribution in [-0.2, 0) is 9.47 Å². The zero-order chi connectivity index (χ0) is 12.3. The van der Waals surface area contributed by atoms with E-state index in [1.54, 1.807) is 0 Å². The first-order valence-electron chi connectivity index (χ1n) is 7.59. The van der Waals surface area contributed by atoms with Crippen LogP contribution in [0.1, 0.15) is 44.9 Å². The SMILES string of the molecule is C1CCC2(CC1)CC(NN1CCOCC1)CCO2. The van der Waals surface area contributed by atoms with Crippen molar-refractivity contribution in [2.45, 2.75) is 56.6 Å². The lowest BCUT2D eigenvalue weighted by Crippen LogP contribution is -2.55. The molecule has 2 heterocycles. The maximum absolute atomic E-state index is 6.14. The maximum atomic E-state index is 6.14. The third-order valence-corrected chi connectivity index (χ3v) is 4.63. The summed E-state index contributed by atoms with van der Waals surface area (Å²) in [6.45, 7) is 4.69. The molecule has 1 saturated carbocycles. The molecule has 0 aromatic carbocycles. The predicted molar refractivity (Wildman–Crippen MR) is 70.3 cm³/mol. The second kappa shape index (κ2) is 5.87. The van der Waals surface area contributed by atoms with Gasteiger partial charge in [-0.05, 0) is 25.7 Å². The first-order chi connectivity index (χ1) is 8.86. The van der Waals surface area contributed by atoms with Crippen molar-refractivity contribution in [2.75, 3.05) is 32.9 Å². The molecule has 1 N–H and O–H groups in total. The number of ether oxygens (including phenoxy) is 2. The van der Waals surface area contributed by atoms with Crippen molar-refractivity contribution < 1.29 is 9.47 Å². The van der Waals surface area contributed by atoms with Gasteiger partial charge in [-0.3, -0.25) is 5.43 Å². The Kier molecular flexibility index (Phi) is 4.19. The van der Waals surface area contributed by atoms with Crippen molar-refractivity contribution in [1.29, 1.82) is 0 Å². The Hall–Kier alpha value is -0.160. The molecule has 4 heteroatoms. The number of hydrazine groups is 1. The average Bonchev–Trinajstić information content (AvgIpc) is 2.41. The predicted octanol–water partition coefficient (Wildman–Crippen LogP) is 1.71. The van der Waals surface area contributed by atoms with Gasteiger partial charge in [0.15, 0.2) is 0 Å². The summed E-state index contributed by atoms with van der Waals surface area (Å²) in [7, 11) is 0. The van der Waals surface area contributed by atoms with Crippen molar-refractivity contribution in [1.82, 2.24) is 10.4 Å². The fourth-order valence-electron chi connectivity index (χ4n) is 3.63. The molecular weight excluding hydrogens is 228 g/mol. The van der Waals surface area contributed by atoms with Gasteiger partial charge in [0, 0.05) is 25.7 Å². The standard InChI is InChI=1S/C14H26N2O2/c1-2-5-14(6-3-1)12-13(4-9-18-14)15-16-7-10-17-11-8-16/h13,15H,1-12H2. The lowest BCUT2D eigenvalue weighted by Gasteiger charge is -2.45. The monoisotopic (exact) mass is 254 g/mol. The van der Waals surface area contributed by atoms with Crippen LogP contribution < -0.4 is 5.43 Å². The summed E-state index contributed by atoms with van der Waals surface area (Å²) in [6, 6.07) is 0.606. The molecule has 1 atom stereocenters. The number of hydrogen-bond acceptors (Lipinski definition) is 4. The van der Waals surface area contributed by atoms with Gasteiger partial charge in [-0.25, -0.2) is 5.01 Å². The lowest BCUT2D eigenvalue weighted by molar-refractivity contribution is -0.119. The second-order valence-corrected chi connectivity index (χ2v) is 6.01. The smallest absolute Gasteiger partial charge is 0.0697 e. The first kappa shape index (κ1) is 12.9. The third-order valence-electron chi connectivity index (χ3n) is 4.63. The Balaban J connectivity index is 1.52. The van der Waals surface area contributed by atoms with Gasteiger partial charge in [-0.15, -0.1) is 0 Å². The van der Waals surface area contributed by atoms with E-state index in [0.717, 1.165) is 39.3 Å². The highest BCUT2D eigenvalue weighted by Crippen LogP contribution is 2.38. The molecule has 2 aliphatic heterocycles. The van der Waals surface area contributed by atoms with Crippen molar-refractivity contribution >= 4 is 0 Å². The molecule has 0 radical (unpaired) electrons. The molecule has 2 saturated heterocycles. The van der Waals surface area contributed by atoms with E-state index in [9.17, 15) is 0 Å². The first-order valence-corrected chi connectivity index (χ1v) is 7.59. The molecule has 0 aromatic rings. The van der Waals surface area contributed by atoms with Crippen molar-refractivity contribution in [3.05, 3.63) is 0 Å². The molecule has 18 heavy (non-hydrogen) atoms. The highest BCUT2D eigenvalue weighted by molar-refractivity contribution is 4.91. The Labute approximate surface area is 110 Å². The third kappa shape index (κ3) is 3.05. The number of nitrogens with zero attached hydrogens (tertiary/aromatic N) is 1. The highest BCUT2D eigenvalue weighted by atomic mass is 16.5. The zero-order valence-corrected chi connectivity index (χ0v) is 11.3. The molecule has 3 aliphatic rings. The summed E-state index contributed by atoms with van der Waals surface area (Å²) in [5.74, 6) is 0. The van der Waals surface area contributed by atoms with Crippen molar-refractivity contribution in [3.8, 4) is 0 Å². The van der Waals surface area contributed by atoms with E-state index in [4.69, 9.17) is 9.47 Å². The quantitative estimate of drug-likeness (QED) is 0.813. The molecule has 0 aromatic heterocycles. The lowest BCUT2D eigenvalue weighted by atomic mass is 9.78. The van der Waals surface area contributed by atoms with Gasteiger partial charge >= 0.3 is 0 Å². The van der Waals surface area contributed by atoms with E-state index in [2.05, 4.69) is 10.4 Å². The fourth-order valence-corrected chi connectivity index (χ4v) is 3.63. The summed E-state index contributed by atoms with van der Waals surface area (Å²) in [4.78, 5) is 0. The zero-order valence-electron chi connectivity index (χ0n) is 11.3. The summed E-state index contributed by atoms with van der Waals surface area (Å²) in [6.07, 6.45) is 8.99. The van der Waals surface area contributed by atoms with Crippen LogP contribution in [0.5, 0.6) is 0 Å². The van der Waals surface area contributed by atoms with E-state index in [1.807, 2.05) is 0 Å².